The first-order chi connectivity index (χ1) is 12.7. The molecule has 0 spiro atoms. The van der Waals surface area contributed by atoms with Crippen molar-refractivity contribution in [3.63, 3.8) is 0 Å². The number of hydrogen-bond acceptors (Lipinski definition) is 2. The van der Waals surface area contributed by atoms with E-state index in [1.807, 2.05) is 0 Å². The number of amides is 1. The zero-order valence-electron chi connectivity index (χ0n) is 16.2. The first-order valence-electron chi connectivity index (χ1n) is 10.8. The number of piperidine rings is 1. The Morgan fingerprint density at radius 1 is 1.12 bits per heavy atom. The third-order valence-corrected chi connectivity index (χ3v) is 7.03. The summed E-state index contributed by atoms with van der Waals surface area (Å²) in [7, 11) is 0. The highest BCUT2D eigenvalue weighted by atomic mass is 16.2. The maximum Gasteiger partial charge on any atom is 0.223 e. The van der Waals surface area contributed by atoms with Crippen LogP contribution in [-0.2, 0) is 4.79 Å². The molecule has 0 bridgehead atoms. The molecule has 1 aromatic carbocycles. The molecule has 4 rings (SSSR count). The van der Waals surface area contributed by atoms with Gasteiger partial charge in [0.25, 0.3) is 0 Å². The van der Waals surface area contributed by atoms with Crippen molar-refractivity contribution in [3.8, 4) is 0 Å². The Morgan fingerprint density at radius 3 is 2.38 bits per heavy atom. The van der Waals surface area contributed by atoms with E-state index in [2.05, 4.69) is 47.5 Å². The fraction of sp³-hybridized carbons (Fsp3) is 0.696. The Bertz CT molecular complexity index is 587. The number of hydrogen-bond donors (Lipinski definition) is 1. The highest BCUT2D eigenvalue weighted by molar-refractivity contribution is 5.81. The summed E-state index contributed by atoms with van der Waals surface area (Å²) in [6.45, 7) is 5.62. The Kier molecular flexibility index (Phi) is 5.63. The third kappa shape index (κ3) is 4.31. The van der Waals surface area contributed by atoms with Crippen molar-refractivity contribution in [1.82, 2.24) is 10.2 Å². The lowest BCUT2D eigenvalue weighted by Gasteiger charge is -2.36. The molecule has 3 atom stereocenters. The fourth-order valence-corrected chi connectivity index (χ4v) is 5.12. The Balaban J connectivity index is 1.30. The lowest BCUT2D eigenvalue weighted by molar-refractivity contribution is -0.123. The van der Waals surface area contributed by atoms with Gasteiger partial charge in [0.1, 0.15) is 0 Å². The molecule has 1 saturated heterocycles. The van der Waals surface area contributed by atoms with E-state index in [-0.39, 0.29) is 0 Å². The van der Waals surface area contributed by atoms with Crippen molar-refractivity contribution in [3.05, 3.63) is 35.9 Å². The second-order valence-electron chi connectivity index (χ2n) is 8.96. The van der Waals surface area contributed by atoms with Crippen LogP contribution in [0.15, 0.2) is 30.3 Å². The van der Waals surface area contributed by atoms with Gasteiger partial charge in [-0.05, 0) is 55.4 Å². The normalized spacial score (nSPS) is 28.8. The van der Waals surface area contributed by atoms with Crippen LogP contribution in [0, 0.1) is 17.8 Å². The molecule has 0 aromatic heterocycles. The van der Waals surface area contributed by atoms with Crippen molar-refractivity contribution in [1.29, 1.82) is 0 Å². The Labute approximate surface area is 158 Å². The van der Waals surface area contributed by atoms with Crippen LogP contribution in [0.5, 0.6) is 0 Å². The van der Waals surface area contributed by atoms with Gasteiger partial charge >= 0.3 is 0 Å². The SMILES string of the molecule is C[C@@H]1C[C@@H]1C(=O)NC1CCN(C[C@H](c2ccccc2)C2CCCC2)CC1. The summed E-state index contributed by atoms with van der Waals surface area (Å²) in [4.78, 5) is 14.8. The largest absolute Gasteiger partial charge is 0.353 e. The Morgan fingerprint density at radius 2 is 1.77 bits per heavy atom. The first kappa shape index (κ1) is 18.0. The van der Waals surface area contributed by atoms with Crippen molar-refractivity contribution >= 4 is 5.91 Å². The van der Waals surface area contributed by atoms with E-state index in [4.69, 9.17) is 0 Å². The molecule has 3 heteroatoms. The van der Waals surface area contributed by atoms with Gasteiger partial charge in [-0.2, -0.15) is 0 Å². The second-order valence-corrected chi connectivity index (χ2v) is 8.96. The maximum atomic E-state index is 12.2. The molecule has 0 unspecified atom stereocenters. The van der Waals surface area contributed by atoms with Crippen LogP contribution in [0.1, 0.15) is 63.4 Å². The van der Waals surface area contributed by atoms with Gasteiger partial charge in [0.15, 0.2) is 0 Å². The molecule has 1 heterocycles. The summed E-state index contributed by atoms with van der Waals surface area (Å²) in [6.07, 6.45) is 8.91. The fourth-order valence-electron chi connectivity index (χ4n) is 5.12. The number of rotatable bonds is 6. The van der Waals surface area contributed by atoms with E-state index in [1.54, 1.807) is 0 Å². The van der Waals surface area contributed by atoms with Crippen LogP contribution < -0.4 is 5.32 Å². The van der Waals surface area contributed by atoms with E-state index in [0.717, 1.165) is 38.3 Å². The number of benzene rings is 1. The smallest absolute Gasteiger partial charge is 0.223 e. The van der Waals surface area contributed by atoms with Crippen molar-refractivity contribution in [2.24, 2.45) is 17.8 Å². The lowest BCUT2D eigenvalue weighted by atomic mass is 9.84. The van der Waals surface area contributed by atoms with Crippen LogP contribution in [0.25, 0.3) is 0 Å². The number of nitrogens with one attached hydrogen (secondary N) is 1. The van der Waals surface area contributed by atoms with Gasteiger partial charge in [0, 0.05) is 31.6 Å². The molecule has 3 aliphatic rings. The van der Waals surface area contributed by atoms with Crippen molar-refractivity contribution in [2.45, 2.75) is 63.8 Å². The number of carbonyl (C=O) groups excluding carboxylic acids is 1. The minimum absolute atomic E-state index is 0.304. The predicted molar refractivity (Wildman–Crippen MR) is 106 cm³/mol. The van der Waals surface area contributed by atoms with E-state index >= 15 is 0 Å². The van der Waals surface area contributed by atoms with Crippen molar-refractivity contribution < 1.29 is 4.79 Å². The van der Waals surface area contributed by atoms with E-state index in [9.17, 15) is 4.79 Å². The lowest BCUT2D eigenvalue weighted by Crippen LogP contribution is -2.46. The summed E-state index contributed by atoms with van der Waals surface area (Å²) in [6, 6.07) is 11.6. The highest BCUT2D eigenvalue weighted by Gasteiger charge is 2.40. The van der Waals surface area contributed by atoms with E-state index < -0.39 is 0 Å². The maximum absolute atomic E-state index is 12.2. The van der Waals surface area contributed by atoms with Gasteiger partial charge < -0.3 is 10.2 Å². The molecule has 2 saturated carbocycles. The third-order valence-electron chi connectivity index (χ3n) is 7.03. The topological polar surface area (TPSA) is 32.3 Å². The molecule has 1 aliphatic heterocycles. The summed E-state index contributed by atoms with van der Waals surface area (Å²) < 4.78 is 0. The van der Waals surface area contributed by atoms with Crippen LogP contribution in [0.3, 0.4) is 0 Å². The predicted octanol–water partition coefficient (Wildman–Crippen LogP) is 4.20. The molecule has 3 nitrogen and oxygen atoms in total. The monoisotopic (exact) mass is 354 g/mol. The number of likely N-dealkylation sites (tertiary alicyclic amines) is 1. The summed E-state index contributed by atoms with van der Waals surface area (Å²) in [5.41, 5.74) is 1.53. The summed E-state index contributed by atoms with van der Waals surface area (Å²) >= 11 is 0. The van der Waals surface area contributed by atoms with Gasteiger partial charge in [-0.25, -0.2) is 0 Å². The quantitative estimate of drug-likeness (QED) is 0.830. The van der Waals surface area contributed by atoms with Gasteiger partial charge in [0.2, 0.25) is 5.91 Å². The standard InChI is InChI=1S/C23H34N2O/c1-17-15-21(17)23(26)24-20-11-13-25(14-12-20)16-22(19-9-5-6-10-19)18-7-3-2-4-8-18/h2-4,7-8,17,19-22H,5-6,9-16H2,1H3,(H,24,26)/t17-,21+,22-/m1/s1. The molecule has 3 fully saturated rings. The number of carbonyl (C=O) groups is 1. The molecule has 1 aromatic rings. The average Bonchev–Trinajstić information content (AvgIpc) is 3.17. The molecule has 0 radical (unpaired) electrons. The zero-order chi connectivity index (χ0) is 17.9. The van der Waals surface area contributed by atoms with Crippen molar-refractivity contribution in [2.75, 3.05) is 19.6 Å². The molecule has 1 N–H and O–H groups in total. The zero-order valence-corrected chi connectivity index (χ0v) is 16.2. The summed E-state index contributed by atoms with van der Waals surface area (Å²) in [5.74, 6) is 2.75. The van der Waals surface area contributed by atoms with Crippen LogP contribution in [0.4, 0.5) is 0 Å². The molecular weight excluding hydrogens is 320 g/mol. The van der Waals surface area contributed by atoms with Crippen LogP contribution >= 0.6 is 0 Å². The minimum Gasteiger partial charge on any atom is -0.353 e. The minimum atomic E-state index is 0.304. The van der Waals surface area contributed by atoms with Gasteiger partial charge in [-0.1, -0.05) is 50.1 Å². The molecule has 1 amide bonds. The first-order valence-corrected chi connectivity index (χ1v) is 10.8. The van der Waals surface area contributed by atoms with E-state index in [0.29, 0.717) is 29.7 Å². The highest BCUT2D eigenvalue weighted by Crippen LogP contribution is 2.39. The van der Waals surface area contributed by atoms with E-state index in [1.165, 1.54) is 37.8 Å². The summed E-state index contributed by atoms with van der Waals surface area (Å²) in [5, 5.41) is 3.31. The Hall–Kier alpha value is -1.35. The molecule has 26 heavy (non-hydrogen) atoms. The van der Waals surface area contributed by atoms with Gasteiger partial charge in [0.05, 0.1) is 0 Å². The molecular formula is C23H34N2O. The molecule has 142 valence electrons. The van der Waals surface area contributed by atoms with Crippen LogP contribution in [-0.4, -0.2) is 36.5 Å². The van der Waals surface area contributed by atoms with Gasteiger partial charge in [-0.3, -0.25) is 4.79 Å². The van der Waals surface area contributed by atoms with Gasteiger partial charge in [-0.15, -0.1) is 0 Å². The second kappa shape index (κ2) is 8.12. The average molecular weight is 355 g/mol. The molecule has 2 aliphatic carbocycles. The van der Waals surface area contributed by atoms with Crippen LogP contribution in [0.2, 0.25) is 0 Å². The number of nitrogens with zero attached hydrogens (tertiary/aromatic N) is 1.